The Morgan fingerprint density at radius 2 is 2.19 bits per heavy atom. The minimum atomic E-state index is -0.640. The van der Waals surface area contributed by atoms with Gasteiger partial charge in [-0.3, -0.25) is 9.69 Å². The van der Waals surface area contributed by atoms with Crippen molar-refractivity contribution >= 4 is 5.97 Å². The van der Waals surface area contributed by atoms with E-state index in [1.54, 1.807) is 0 Å². The van der Waals surface area contributed by atoms with Crippen molar-refractivity contribution in [2.75, 3.05) is 6.54 Å². The molecule has 0 radical (unpaired) electrons. The quantitative estimate of drug-likeness (QED) is 0.743. The Bertz CT molecular complexity index is 277. The van der Waals surface area contributed by atoms with Gasteiger partial charge in [-0.1, -0.05) is 18.9 Å². The summed E-state index contributed by atoms with van der Waals surface area (Å²) in [4.78, 5) is 13.5. The molecule has 1 saturated heterocycles. The minimum Gasteiger partial charge on any atom is -0.480 e. The van der Waals surface area contributed by atoms with Gasteiger partial charge in [0, 0.05) is 12.6 Å². The summed E-state index contributed by atoms with van der Waals surface area (Å²) in [7, 11) is 0. The van der Waals surface area contributed by atoms with Crippen molar-refractivity contribution in [2.24, 2.45) is 5.92 Å². The zero-order valence-corrected chi connectivity index (χ0v) is 9.77. The molecule has 0 spiro atoms. The molecule has 2 rings (SSSR count). The number of aliphatic carboxylic acids is 1. The second-order valence-electron chi connectivity index (χ2n) is 5.02. The van der Waals surface area contributed by atoms with Crippen LogP contribution in [0.5, 0.6) is 0 Å². The first-order valence-corrected chi connectivity index (χ1v) is 6.33. The molecule has 1 aliphatic heterocycles. The van der Waals surface area contributed by atoms with Crippen molar-refractivity contribution in [3.63, 3.8) is 0 Å². The third-order valence-electron chi connectivity index (χ3n) is 4.10. The van der Waals surface area contributed by atoms with Gasteiger partial charge in [0.1, 0.15) is 6.04 Å². The Balaban J connectivity index is 2.07. The van der Waals surface area contributed by atoms with E-state index in [1.165, 1.54) is 25.7 Å². The number of rotatable bonds is 4. The first kappa shape index (κ1) is 11.6. The van der Waals surface area contributed by atoms with E-state index in [4.69, 9.17) is 0 Å². The summed E-state index contributed by atoms with van der Waals surface area (Å²) in [5, 5.41) is 9.26. The van der Waals surface area contributed by atoms with Gasteiger partial charge in [-0.25, -0.2) is 0 Å². The molecule has 1 aliphatic carbocycles. The predicted molar refractivity (Wildman–Crippen MR) is 63.3 cm³/mol. The highest BCUT2D eigenvalue weighted by Crippen LogP contribution is 2.39. The highest BCUT2D eigenvalue weighted by Gasteiger charge is 2.44. The number of hydrogen-bond acceptors (Lipinski definition) is 2. The molecule has 0 amide bonds. The highest BCUT2D eigenvalue weighted by atomic mass is 16.4. The Hall–Kier alpha value is -0.830. The van der Waals surface area contributed by atoms with Gasteiger partial charge in [0.05, 0.1) is 0 Å². The van der Waals surface area contributed by atoms with Gasteiger partial charge in [-0.15, -0.1) is 6.58 Å². The van der Waals surface area contributed by atoms with Gasteiger partial charge in [0.15, 0.2) is 0 Å². The molecule has 3 atom stereocenters. The third kappa shape index (κ3) is 2.14. The largest absolute Gasteiger partial charge is 0.480 e. The van der Waals surface area contributed by atoms with Crippen molar-refractivity contribution in [3.05, 3.63) is 12.7 Å². The van der Waals surface area contributed by atoms with Crippen LogP contribution < -0.4 is 0 Å². The van der Waals surface area contributed by atoms with Crippen LogP contribution in [0.25, 0.3) is 0 Å². The topological polar surface area (TPSA) is 40.5 Å². The predicted octanol–water partition coefficient (Wildman–Crippen LogP) is 2.28. The smallest absolute Gasteiger partial charge is 0.320 e. The molecule has 2 fully saturated rings. The maximum absolute atomic E-state index is 11.3. The van der Waals surface area contributed by atoms with Gasteiger partial charge in [0.25, 0.3) is 0 Å². The molecule has 3 unspecified atom stereocenters. The lowest BCUT2D eigenvalue weighted by molar-refractivity contribution is -0.142. The van der Waals surface area contributed by atoms with Gasteiger partial charge in [0.2, 0.25) is 0 Å². The summed E-state index contributed by atoms with van der Waals surface area (Å²) < 4.78 is 0. The lowest BCUT2D eigenvalue weighted by Gasteiger charge is -2.32. The molecule has 90 valence electrons. The third-order valence-corrected chi connectivity index (χ3v) is 4.10. The number of carboxylic acids is 1. The van der Waals surface area contributed by atoms with Crippen molar-refractivity contribution < 1.29 is 9.90 Å². The molecule has 1 N–H and O–H groups in total. The number of fused-ring (bicyclic) bond motifs is 1. The molecule has 1 saturated carbocycles. The summed E-state index contributed by atoms with van der Waals surface area (Å²) in [6.45, 7) is 4.58. The average molecular weight is 223 g/mol. The zero-order chi connectivity index (χ0) is 11.5. The lowest BCUT2D eigenvalue weighted by Crippen LogP contribution is -2.42. The Morgan fingerprint density at radius 1 is 1.44 bits per heavy atom. The monoisotopic (exact) mass is 223 g/mol. The Morgan fingerprint density at radius 3 is 2.88 bits per heavy atom. The highest BCUT2D eigenvalue weighted by molar-refractivity contribution is 5.74. The number of carbonyl (C=O) groups is 1. The van der Waals surface area contributed by atoms with Gasteiger partial charge in [-0.2, -0.15) is 0 Å². The second kappa shape index (κ2) is 5.00. The van der Waals surface area contributed by atoms with Crippen LogP contribution in [0.3, 0.4) is 0 Å². The fourth-order valence-electron chi connectivity index (χ4n) is 3.36. The lowest BCUT2D eigenvalue weighted by atomic mass is 9.85. The number of likely N-dealkylation sites (tertiary alicyclic amines) is 1. The molecule has 0 aromatic rings. The van der Waals surface area contributed by atoms with E-state index in [9.17, 15) is 9.90 Å². The standard InChI is InChI=1S/C13H21NO2/c1-2-3-8-14-11-7-5-4-6-10(11)9-12(14)13(15)16/h2,10-12H,1,3-9H2,(H,15,16). The molecule has 3 heteroatoms. The fraction of sp³-hybridized carbons (Fsp3) is 0.769. The van der Waals surface area contributed by atoms with Crippen LogP contribution in [0.15, 0.2) is 12.7 Å². The molecule has 3 nitrogen and oxygen atoms in total. The molecular weight excluding hydrogens is 202 g/mol. The van der Waals surface area contributed by atoms with Crippen LogP contribution in [0.2, 0.25) is 0 Å². The van der Waals surface area contributed by atoms with Crippen LogP contribution in [0.1, 0.15) is 38.5 Å². The summed E-state index contributed by atoms with van der Waals surface area (Å²) >= 11 is 0. The summed E-state index contributed by atoms with van der Waals surface area (Å²) in [6, 6.07) is 0.280. The molecule has 0 bridgehead atoms. The molecular formula is C13H21NO2. The Kier molecular flexibility index (Phi) is 3.64. The first-order valence-electron chi connectivity index (χ1n) is 6.33. The molecule has 16 heavy (non-hydrogen) atoms. The van der Waals surface area contributed by atoms with Crippen LogP contribution in [0, 0.1) is 5.92 Å². The van der Waals surface area contributed by atoms with Gasteiger partial charge in [-0.05, 0) is 31.6 Å². The summed E-state index contributed by atoms with van der Waals surface area (Å²) in [5.74, 6) is -0.0156. The molecule has 2 aliphatic rings. The van der Waals surface area contributed by atoms with Crippen LogP contribution in [0.4, 0.5) is 0 Å². The van der Waals surface area contributed by atoms with E-state index < -0.39 is 5.97 Å². The normalized spacial score (nSPS) is 34.6. The van der Waals surface area contributed by atoms with E-state index >= 15 is 0 Å². The van der Waals surface area contributed by atoms with Crippen LogP contribution >= 0.6 is 0 Å². The van der Waals surface area contributed by atoms with Gasteiger partial charge >= 0.3 is 5.97 Å². The summed E-state index contributed by atoms with van der Waals surface area (Å²) in [5.41, 5.74) is 0. The zero-order valence-electron chi connectivity index (χ0n) is 9.77. The van der Waals surface area contributed by atoms with Crippen molar-refractivity contribution in [1.29, 1.82) is 0 Å². The number of carboxylic acid groups (broad SMARTS) is 1. The van der Waals surface area contributed by atoms with E-state index in [0.717, 1.165) is 19.4 Å². The number of nitrogens with zero attached hydrogens (tertiary/aromatic N) is 1. The maximum Gasteiger partial charge on any atom is 0.320 e. The van der Waals surface area contributed by atoms with Crippen molar-refractivity contribution in [1.82, 2.24) is 4.90 Å². The molecule has 0 aromatic carbocycles. The molecule has 1 heterocycles. The van der Waals surface area contributed by atoms with Crippen molar-refractivity contribution in [2.45, 2.75) is 50.6 Å². The molecule has 0 aromatic heterocycles. The second-order valence-corrected chi connectivity index (χ2v) is 5.02. The summed E-state index contributed by atoms with van der Waals surface area (Å²) in [6.07, 6.45) is 8.59. The fourth-order valence-corrected chi connectivity index (χ4v) is 3.36. The van der Waals surface area contributed by atoms with Crippen molar-refractivity contribution in [3.8, 4) is 0 Å². The van der Waals surface area contributed by atoms with E-state index in [0.29, 0.717) is 12.0 Å². The minimum absolute atomic E-state index is 0.243. The van der Waals surface area contributed by atoms with E-state index in [-0.39, 0.29) is 6.04 Å². The maximum atomic E-state index is 11.3. The van der Waals surface area contributed by atoms with E-state index in [1.807, 2.05) is 6.08 Å². The number of hydrogen-bond donors (Lipinski definition) is 1. The van der Waals surface area contributed by atoms with Crippen LogP contribution in [-0.2, 0) is 4.79 Å². The van der Waals surface area contributed by atoms with Gasteiger partial charge < -0.3 is 5.11 Å². The average Bonchev–Trinajstić information content (AvgIpc) is 2.65. The van der Waals surface area contributed by atoms with Crippen LogP contribution in [-0.4, -0.2) is 34.6 Å². The first-order chi connectivity index (χ1) is 7.74. The Labute approximate surface area is 97.1 Å². The van der Waals surface area contributed by atoms with E-state index in [2.05, 4.69) is 11.5 Å². The SMILES string of the molecule is C=CCCN1C(C(=O)O)CC2CCCCC21.